The number of methoxy groups -OCH3 is 1. The van der Waals surface area contributed by atoms with Crippen molar-refractivity contribution in [1.82, 2.24) is 0 Å². The van der Waals surface area contributed by atoms with Crippen molar-refractivity contribution in [2.24, 2.45) is 11.8 Å². The van der Waals surface area contributed by atoms with Gasteiger partial charge in [0.15, 0.2) is 0 Å². The fraction of sp³-hybridized carbons (Fsp3) is 0.345. The fourth-order valence-corrected chi connectivity index (χ4v) is 4.51. The van der Waals surface area contributed by atoms with E-state index in [-0.39, 0.29) is 18.0 Å². The molecule has 0 saturated heterocycles. The second-order valence-electron chi connectivity index (χ2n) is 8.65. The molecule has 0 heterocycles. The molecule has 5 heteroatoms. The maximum absolute atomic E-state index is 12.7. The van der Waals surface area contributed by atoms with Gasteiger partial charge in [-0.15, -0.1) is 0 Å². The van der Waals surface area contributed by atoms with Crippen molar-refractivity contribution in [2.75, 3.05) is 13.7 Å². The van der Waals surface area contributed by atoms with Gasteiger partial charge < -0.3 is 18.9 Å². The van der Waals surface area contributed by atoms with E-state index < -0.39 is 12.0 Å². The summed E-state index contributed by atoms with van der Waals surface area (Å²) in [6.45, 7) is 1.84. The molecule has 178 valence electrons. The van der Waals surface area contributed by atoms with Gasteiger partial charge in [-0.1, -0.05) is 91.0 Å². The Kier molecular flexibility index (Phi) is 8.85. The number of hydrogen-bond donors (Lipinski definition) is 0. The predicted molar refractivity (Wildman–Crippen MR) is 130 cm³/mol. The number of carbonyl (C=O) groups excluding carboxylic acids is 1. The zero-order valence-corrected chi connectivity index (χ0v) is 19.5. The van der Waals surface area contributed by atoms with E-state index in [1.165, 1.54) is 7.11 Å². The van der Waals surface area contributed by atoms with E-state index in [0.29, 0.717) is 32.8 Å². The average Bonchev–Trinajstić information content (AvgIpc) is 3.24. The number of carbonyl (C=O) groups is 1. The minimum Gasteiger partial charge on any atom is -0.469 e. The molecule has 1 aliphatic carbocycles. The Morgan fingerprint density at radius 2 is 1.18 bits per heavy atom. The van der Waals surface area contributed by atoms with Crippen LogP contribution in [0.25, 0.3) is 0 Å². The van der Waals surface area contributed by atoms with Crippen molar-refractivity contribution in [3.63, 3.8) is 0 Å². The lowest BCUT2D eigenvalue weighted by atomic mass is 10.0. The molecule has 0 radical (unpaired) electrons. The SMILES string of the molecule is COC(=O)[C@@H]1C[C@H](COCc2ccccc2)[C@H](OCc2ccccc2)[C@@H]1OCc1ccccc1. The third-order valence-electron chi connectivity index (χ3n) is 6.26. The minimum atomic E-state index is -0.415. The van der Waals surface area contributed by atoms with Gasteiger partial charge in [0.25, 0.3) is 0 Å². The van der Waals surface area contributed by atoms with E-state index in [2.05, 4.69) is 0 Å². The first-order chi connectivity index (χ1) is 16.7. The molecule has 0 aromatic heterocycles. The van der Waals surface area contributed by atoms with Crippen LogP contribution in [0.4, 0.5) is 0 Å². The highest BCUT2D eigenvalue weighted by molar-refractivity contribution is 5.73. The maximum atomic E-state index is 12.7. The van der Waals surface area contributed by atoms with Gasteiger partial charge in [-0.3, -0.25) is 4.79 Å². The van der Waals surface area contributed by atoms with Crippen molar-refractivity contribution in [1.29, 1.82) is 0 Å². The third kappa shape index (κ3) is 6.54. The second-order valence-corrected chi connectivity index (χ2v) is 8.65. The number of rotatable bonds is 11. The minimum absolute atomic E-state index is 0.0114. The van der Waals surface area contributed by atoms with Crippen LogP contribution in [0, 0.1) is 11.8 Å². The Morgan fingerprint density at radius 3 is 1.68 bits per heavy atom. The molecule has 4 atom stereocenters. The summed E-state index contributed by atoms with van der Waals surface area (Å²) < 4.78 is 24.0. The Balaban J connectivity index is 1.48. The zero-order chi connectivity index (χ0) is 23.6. The fourth-order valence-electron chi connectivity index (χ4n) is 4.51. The largest absolute Gasteiger partial charge is 0.469 e. The van der Waals surface area contributed by atoms with Crippen LogP contribution in [0.1, 0.15) is 23.1 Å². The quantitative estimate of drug-likeness (QED) is 0.369. The zero-order valence-electron chi connectivity index (χ0n) is 19.5. The topological polar surface area (TPSA) is 54.0 Å². The van der Waals surface area contributed by atoms with Crippen LogP contribution >= 0.6 is 0 Å². The molecule has 1 fully saturated rings. The third-order valence-corrected chi connectivity index (χ3v) is 6.26. The average molecular weight is 461 g/mol. The Hall–Kier alpha value is -2.99. The first-order valence-electron chi connectivity index (χ1n) is 11.7. The molecule has 1 aliphatic rings. The van der Waals surface area contributed by atoms with Gasteiger partial charge in [-0.25, -0.2) is 0 Å². The van der Waals surface area contributed by atoms with Crippen LogP contribution in [0.15, 0.2) is 91.0 Å². The molecule has 0 bridgehead atoms. The van der Waals surface area contributed by atoms with E-state index >= 15 is 0 Å². The summed E-state index contributed by atoms with van der Waals surface area (Å²) in [6, 6.07) is 30.1. The smallest absolute Gasteiger partial charge is 0.311 e. The lowest BCUT2D eigenvalue weighted by molar-refractivity contribution is -0.155. The molecule has 0 aliphatic heterocycles. The molecule has 0 N–H and O–H groups in total. The standard InChI is InChI=1S/C29H32O5/c1-31-29(30)26-17-25(21-32-18-22-11-5-2-6-12-22)27(33-19-23-13-7-3-8-14-23)28(26)34-20-24-15-9-4-10-16-24/h2-16,25-28H,17-21H2,1H3/t25-,26-,27+,28-/m1/s1. The van der Waals surface area contributed by atoms with Gasteiger partial charge in [0.05, 0.1) is 51.7 Å². The number of esters is 1. The van der Waals surface area contributed by atoms with E-state index in [1.54, 1.807) is 0 Å². The highest BCUT2D eigenvalue weighted by Crippen LogP contribution is 2.38. The monoisotopic (exact) mass is 460 g/mol. The van der Waals surface area contributed by atoms with Gasteiger partial charge in [0.1, 0.15) is 0 Å². The van der Waals surface area contributed by atoms with Crippen molar-refractivity contribution < 1.29 is 23.7 Å². The lowest BCUT2D eigenvalue weighted by Crippen LogP contribution is -2.37. The molecule has 4 rings (SSSR count). The molecular formula is C29H32O5. The van der Waals surface area contributed by atoms with Crippen LogP contribution in [-0.2, 0) is 43.6 Å². The van der Waals surface area contributed by atoms with Crippen molar-refractivity contribution in [2.45, 2.75) is 38.4 Å². The van der Waals surface area contributed by atoms with Crippen LogP contribution in [-0.4, -0.2) is 31.9 Å². The van der Waals surface area contributed by atoms with E-state index in [9.17, 15) is 4.79 Å². The molecule has 5 nitrogen and oxygen atoms in total. The van der Waals surface area contributed by atoms with Crippen LogP contribution in [0.5, 0.6) is 0 Å². The number of benzene rings is 3. The van der Waals surface area contributed by atoms with E-state index in [0.717, 1.165) is 16.7 Å². The summed E-state index contributed by atoms with van der Waals surface area (Å²) >= 11 is 0. The summed E-state index contributed by atoms with van der Waals surface area (Å²) in [6.07, 6.45) is -0.106. The summed E-state index contributed by atoms with van der Waals surface area (Å²) in [4.78, 5) is 12.7. The first kappa shape index (κ1) is 24.1. The Labute approximate surface area is 201 Å². The molecule has 0 amide bonds. The van der Waals surface area contributed by atoms with Gasteiger partial charge in [-0.2, -0.15) is 0 Å². The lowest BCUT2D eigenvalue weighted by Gasteiger charge is -2.27. The second kappa shape index (κ2) is 12.5. The molecule has 3 aromatic carbocycles. The molecule has 34 heavy (non-hydrogen) atoms. The maximum Gasteiger partial charge on any atom is 0.311 e. The summed E-state index contributed by atoms with van der Waals surface area (Å²) in [7, 11) is 1.43. The molecule has 1 saturated carbocycles. The van der Waals surface area contributed by atoms with Gasteiger partial charge >= 0.3 is 5.97 Å². The highest BCUT2D eigenvalue weighted by Gasteiger charge is 2.48. The number of ether oxygens (including phenoxy) is 4. The number of hydrogen-bond acceptors (Lipinski definition) is 5. The first-order valence-corrected chi connectivity index (χ1v) is 11.7. The molecule has 0 spiro atoms. The van der Waals surface area contributed by atoms with Gasteiger partial charge in [-0.05, 0) is 23.1 Å². The summed E-state index contributed by atoms with van der Waals surface area (Å²) in [5, 5.41) is 0. The van der Waals surface area contributed by atoms with E-state index in [1.807, 2.05) is 91.0 Å². The highest BCUT2D eigenvalue weighted by atomic mass is 16.6. The predicted octanol–water partition coefficient (Wildman–Crippen LogP) is 5.18. The van der Waals surface area contributed by atoms with Crippen LogP contribution in [0.2, 0.25) is 0 Å². The molecular weight excluding hydrogens is 428 g/mol. The summed E-state index contributed by atoms with van der Waals surface area (Å²) in [5.74, 6) is -0.658. The van der Waals surface area contributed by atoms with E-state index in [4.69, 9.17) is 18.9 Å². The summed E-state index contributed by atoms with van der Waals surface area (Å²) in [5.41, 5.74) is 3.25. The van der Waals surface area contributed by atoms with Crippen molar-refractivity contribution in [3.8, 4) is 0 Å². The van der Waals surface area contributed by atoms with Gasteiger partial charge in [0.2, 0.25) is 0 Å². The normalized spacial score (nSPS) is 21.9. The van der Waals surface area contributed by atoms with Crippen LogP contribution in [0.3, 0.4) is 0 Å². The molecule has 0 unspecified atom stereocenters. The van der Waals surface area contributed by atoms with Crippen molar-refractivity contribution in [3.05, 3.63) is 108 Å². The molecule has 3 aromatic rings. The van der Waals surface area contributed by atoms with Gasteiger partial charge in [0, 0.05) is 5.92 Å². The van der Waals surface area contributed by atoms with Crippen LogP contribution < -0.4 is 0 Å². The van der Waals surface area contributed by atoms with Crippen molar-refractivity contribution >= 4 is 5.97 Å². The Morgan fingerprint density at radius 1 is 0.706 bits per heavy atom. The Bertz CT molecular complexity index is 993.